The van der Waals surface area contributed by atoms with Crippen LogP contribution in [0, 0.1) is 0 Å². The van der Waals surface area contributed by atoms with Gasteiger partial charge in [-0.1, -0.05) is 11.6 Å². The summed E-state index contributed by atoms with van der Waals surface area (Å²) in [6.07, 6.45) is -0.642. The third-order valence-electron chi connectivity index (χ3n) is 2.32. The van der Waals surface area contributed by atoms with Crippen molar-refractivity contribution >= 4 is 23.6 Å². The number of halogens is 1. The first kappa shape index (κ1) is 15.1. The van der Waals surface area contributed by atoms with Crippen molar-refractivity contribution in [2.24, 2.45) is 0 Å². The van der Waals surface area contributed by atoms with Crippen LogP contribution in [0.25, 0.3) is 11.4 Å². The van der Waals surface area contributed by atoms with Gasteiger partial charge in [0.05, 0.1) is 5.02 Å². The Balaban J connectivity index is 2.11. The molecule has 0 aliphatic carbocycles. The zero-order chi connectivity index (χ0) is 15.6. The molecule has 7 nitrogen and oxygen atoms in total. The van der Waals surface area contributed by atoms with E-state index in [4.69, 9.17) is 16.3 Å². The monoisotopic (exact) mass is 310 g/mol. The number of carbonyl (C=O) groups is 1. The molecule has 0 radical (unpaired) electrons. The lowest BCUT2D eigenvalue weighted by atomic mass is 10.2. The van der Waals surface area contributed by atoms with Gasteiger partial charge in [-0.05, 0) is 39.0 Å². The van der Waals surface area contributed by atoms with Gasteiger partial charge in [0.15, 0.2) is 5.82 Å². The molecule has 0 bridgehead atoms. The summed E-state index contributed by atoms with van der Waals surface area (Å²) in [5.74, 6) is 0.471. The predicted molar refractivity (Wildman–Crippen MR) is 78.4 cm³/mol. The topological polar surface area (TPSA) is 100 Å². The highest BCUT2D eigenvalue weighted by Crippen LogP contribution is 2.27. The highest BCUT2D eigenvalue weighted by atomic mass is 35.5. The Morgan fingerprint density at radius 1 is 1.43 bits per heavy atom. The van der Waals surface area contributed by atoms with Crippen LogP contribution in [-0.4, -0.2) is 32.0 Å². The zero-order valence-electron chi connectivity index (χ0n) is 11.8. The van der Waals surface area contributed by atoms with E-state index in [1.54, 1.807) is 26.8 Å². The number of amides is 1. The molecular weight excluding hydrogens is 296 g/mol. The van der Waals surface area contributed by atoms with Crippen LogP contribution in [0.1, 0.15) is 20.8 Å². The van der Waals surface area contributed by atoms with Gasteiger partial charge in [-0.25, -0.2) is 4.79 Å². The van der Waals surface area contributed by atoms with Gasteiger partial charge in [0, 0.05) is 5.56 Å². The van der Waals surface area contributed by atoms with Crippen molar-refractivity contribution in [2.75, 3.05) is 5.32 Å². The molecule has 0 unspecified atom stereocenters. The van der Waals surface area contributed by atoms with E-state index in [0.29, 0.717) is 11.4 Å². The molecule has 0 spiro atoms. The van der Waals surface area contributed by atoms with Crippen molar-refractivity contribution in [1.82, 2.24) is 15.2 Å². The molecule has 0 atom stereocenters. The number of H-pyrrole nitrogens is 1. The average molecular weight is 311 g/mol. The summed E-state index contributed by atoms with van der Waals surface area (Å²) in [6.45, 7) is 5.28. The van der Waals surface area contributed by atoms with E-state index in [1.807, 2.05) is 0 Å². The van der Waals surface area contributed by atoms with Crippen LogP contribution < -0.4 is 5.32 Å². The molecule has 2 aromatic rings. The van der Waals surface area contributed by atoms with Crippen LogP contribution in [0.4, 0.5) is 10.7 Å². The predicted octanol–water partition coefficient (Wildman–Crippen LogP) is 3.18. The van der Waals surface area contributed by atoms with Crippen LogP contribution in [0.5, 0.6) is 5.75 Å². The first-order valence-electron chi connectivity index (χ1n) is 6.16. The second kappa shape index (κ2) is 5.61. The summed E-state index contributed by atoms with van der Waals surface area (Å²) in [4.78, 5) is 15.7. The second-order valence-corrected chi connectivity index (χ2v) is 5.71. The summed E-state index contributed by atoms with van der Waals surface area (Å²) < 4.78 is 5.09. The van der Waals surface area contributed by atoms with E-state index in [9.17, 15) is 9.90 Å². The number of ether oxygens (including phenoxy) is 1. The minimum absolute atomic E-state index is 0.0213. The Kier molecular flexibility index (Phi) is 4.04. The van der Waals surface area contributed by atoms with Crippen molar-refractivity contribution < 1.29 is 14.6 Å². The molecule has 1 heterocycles. The van der Waals surface area contributed by atoms with Crippen molar-refractivity contribution in [3.63, 3.8) is 0 Å². The van der Waals surface area contributed by atoms with Crippen LogP contribution in [-0.2, 0) is 4.74 Å². The standard InChI is InChI=1S/C13H15ClN4O3/c1-13(2,3)21-12(20)16-11-15-10(17-18-11)7-4-5-9(19)8(14)6-7/h4-6,19H,1-3H3,(H2,15,16,17,18,20). The summed E-state index contributed by atoms with van der Waals surface area (Å²) in [6, 6.07) is 4.61. The Hall–Kier alpha value is -2.28. The zero-order valence-corrected chi connectivity index (χ0v) is 12.5. The largest absolute Gasteiger partial charge is 0.506 e. The summed E-state index contributed by atoms with van der Waals surface area (Å²) in [5.41, 5.74) is 0.0239. The van der Waals surface area contributed by atoms with Gasteiger partial charge in [-0.2, -0.15) is 4.98 Å². The van der Waals surface area contributed by atoms with Gasteiger partial charge >= 0.3 is 6.09 Å². The molecule has 0 aliphatic rings. The summed E-state index contributed by atoms with van der Waals surface area (Å²) in [7, 11) is 0. The number of rotatable bonds is 2. The first-order valence-corrected chi connectivity index (χ1v) is 6.54. The molecule has 1 amide bonds. The number of anilines is 1. The average Bonchev–Trinajstić information content (AvgIpc) is 2.78. The molecule has 0 fully saturated rings. The third-order valence-corrected chi connectivity index (χ3v) is 2.62. The number of hydrogen-bond donors (Lipinski definition) is 3. The fourth-order valence-corrected chi connectivity index (χ4v) is 1.68. The van der Waals surface area contributed by atoms with E-state index in [0.717, 1.165) is 0 Å². The third kappa shape index (κ3) is 4.09. The van der Waals surface area contributed by atoms with Crippen molar-refractivity contribution in [2.45, 2.75) is 26.4 Å². The highest BCUT2D eigenvalue weighted by Gasteiger charge is 2.18. The van der Waals surface area contributed by atoms with E-state index in [1.165, 1.54) is 12.1 Å². The number of hydrogen-bond acceptors (Lipinski definition) is 5. The summed E-state index contributed by atoms with van der Waals surface area (Å²) in [5, 5.41) is 18.5. The van der Waals surface area contributed by atoms with Crippen LogP contribution in [0.3, 0.4) is 0 Å². The number of phenols is 1. The lowest BCUT2D eigenvalue weighted by Gasteiger charge is -2.18. The summed E-state index contributed by atoms with van der Waals surface area (Å²) >= 11 is 5.83. The molecule has 1 aromatic carbocycles. The van der Waals surface area contributed by atoms with E-state index >= 15 is 0 Å². The number of nitrogens with zero attached hydrogens (tertiary/aromatic N) is 2. The molecule has 21 heavy (non-hydrogen) atoms. The van der Waals surface area contributed by atoms with E-state index in [-0.39, 0.29) is 16.7 Å². The molecule has 0 saturated heterocycles. The second-order valence-electron chi connectivity index (χ2n) is 5.30. The van der Waals surface area contributed by atoms with E-state index in [2.05, 4.69) is 20.5 Å². The minimum atomic E-state index is -0.642. The van der Waals surface area contributed by atoms with Crippen molar-refractivity contribution in [3.05, 3.63) is 23.2 Å². The number of aromatic nitrogens is 3. The van der Waals surface area contributed by atoms with Crippen molar-refractivity contribution in [3.8, 4) is 17.1 Å². The fraction of sp³-hybridized carbons (Fsp3) is 0.308. The Morgan fingerprint density at radius 3 is 2.76 bits per heavy atom. The molecule has 1 aromatic heterocycles. The number of phenolic OH excluding ortho intramolecular Hbond substituents is 1. The number of aromatic amines is 1. The highest BCUT2D eigenvalue weighted by molar-refractivity contribution is 6.32. The minimum Gasteiger partial charge on any atom is -0.506 e. The Labute approximate surface area is 126 Å². The van der Waals surface area contributed by atoms with Crippen LogP contribution >= 0.6 is 11.6 Å². The van der Waals surface area contributed by atoms with Crippen molar-refractivity contribution in [1.29, 1.82) is 0 Å². The number of nitrogens with one attached hydrogen (secondary N) is 2. The Morgan fingerprint density at radius 2 is 2.14 bits per heavy atom. The van der Waals surface area contributed by atoms with Crippen LogP contribution in [0.15, 0.2) is 18.2 Å². The molecule has 112 valence electrons. The normalized spacial score (nSPS) is 11.2. The molecule has 3 N–H and O–H groups in total. The molecular formula is C13H15ClN4O3. The maximum Gasteiger partial charge on any atom is 0.414 e. The fourth-order valence-electron chi connectivity index (χ4n) is 1.50. The molecule has 2 rings (SSSR count). The maximum absolute atomic E-state index is 11.6. The quantitative estimate of drug-likeness (QED) is 0.791. The number of carbonyl (C=O) groups excluding carboxylic acids is 1. The lowest BCUT2D eigenvalue weighted by molar-refractivity contribution is 0.0634. The smallest absolute Gasteiger partial charge is 0.414 e. The van der Waals surface area contributed by atoms with E-state index < -0.39 is 11.7 Å². The SMILES string of the molecule is CC(C)(C)OC(=O)Nc1n[nH]c(-c2ccc(O)c(Cl)c2)n1. The molecule has 8 heteroatoms. The van der Waals surface area contributed by atoms with Gasteiger partial charge < -0.3 is 9.84 Å². The molecule has 0 saturated carbocycles. The maximum atomic E-state index is 11.6. The number of benzene rings is 1. The Bertz CT molecular complexity index is 664. The number of aromatic hydroxyl groups is 1. The first-order chi connectivity index (χ1) is 9.74. The van der Waals surface area contributed by atoms with Gasteiger partial charge in [-0.3, -0.25) is 10.4 Å². The van der Waals surface area contributed by atoms with Gasteiger partial charge in [0.25, 0.3) is 5.95 Å². The van der Waals surface area contributed by atoms with Gasteiger partial charge in [-0.15, -0.1) is 5.10 Å². The van der Waals surface area contributed by atoms with Gasteiger partial charge in [0.2, 0.25) is 0 Å². The van der Waals surface area contributed by atoms with Crippen LogP contribution in [0.2, 0.25) is 5.02 Å². The molecule has 0 aliphatic heterocycles. The lowest BCUT2D eigenvalue weighted by Crippen LogP contribution is -2.27. The van der Waals surface area contributed by atoms with Gasteiger partial charge in [0.1, 0.15) is 11.4 Å².